The van der Waals surface area contributed by atoms with E-state index in [4.69, 9.17) is 4.74 Å². The van der Waals surface area contributed by atoms with E-state index >= 15 is 0 Å². The van der Waals surface area contributed by atoms with Crippen molar-refractivity contribution in [3.63, 3.8) is 0 Å². The maximum atomic E-state index is 6.29. The second kappa shape index (κ2) is 5.62. The van der Waals surface area contributed by atoms with Crippen molar-refractivity contribution in [1.29, 1.82) is 0 Å². The van der Waals surface area contributed by atoms with E-state index in [-0.39, 0.29) is 6.23 Å². The molecule has 0 aliphatic carbocycles. The number of likely N-dealkylation sites (tertiary alicyclic amines) is 1. The Morgan fingerprint density at radius 3 is 2.58 bits per heavy atom. The largest absolute Gasteiger partial charge is 0.474 e. The van der Waals surface area contributed by atoms with Crippen molar-refractivity contribution in [3.05, 3.63) is 42.5 Å². The maximum Gasteiger partial charge on any atom is 0.152 e. The lowest BCUT2D eigenvalue weighted by Crippen LogP contribution is -2.36. The summed E-state index contributed by atoms with van der Waals surface area (Å²) in [5.74, 6) is 1.01. The van der Waals surface area contributed by atoms with Crippen LogP contribution in [0.3, 0.4) is 0 Å². The molecule has 2 nitrogen and oxygen atoms in total. The Kier molecular flexibility index (Phi) is 3.69. The number of nitrogens with zero attached hydrogens (tertiary/aromatic N) is 1. The van der Waals surface area contributed by atoms with Gasteiger partial charge in [-0.05, 0) is 30.7 Å². The van der Waals surface area contributed by atoms with Gasteiger partial charge < -0.3 is 4.74 Å². The normalized spacial score (nSPS) is 17.7. The molecule has 1 heterocycles. The van der Waals surface area contributed by atoms with Gasteiger partial charge in [0, 0.05) is 18.5 Å². The molecule has 0 N–H and O–H groups in total. The van der Waals surface area contributed by atoms with Gasteiger partial charge in [-0.3, -0.25) is 4.90 Å². The van der Waals surface area contributed by atoms with Crippen LogP contribution in [0.15, 0.2) is 42.5 Å². The third-order valence-electron chi connectivity index (χ3n) is 3.91. The molecule has 1 unspecified atom stereocenters. The van der Waals surface area contributed by atoms with E-state index in [1.165, 1.54) is 36.7 Å². The van der Waals surface area contributed by atoms with Crippen molar-refractivity contribution >= 4 is 10.8 Å². The highest BCUT2D eigenvalue weighted by molar-refractivity contribution is 5.88. The lowest BCUT2D eigenvalue weighted by molar-refractivity contribution is 0.0415. The predicted molar refractivity (Wildman–Crippen MR) is 79.5 cm³/mol. The lowest BCUT2D eigenvalue weighted by atomic mass is 10.1. The highest BCUT2D eigenvalue weighted by atomic mass is 16.5. The van der Waals surface area contributed by atoms with Gasteiger partial charge in [-0.1, -0.05) is 43.3 Å². The number of hydrogen-bond donors (Lipinski definition) is 0. The van der Waals surface area contributed by atoms with Gasteiger partial charge in [0.15, 0.2) is 6.23 Å². The molecule has 0 amide bonds. The zero-order valence-electron chi connectivity index (χ0n) is 11.5. The molecule has 1 aliphatic heterocycles. The highest BCUT2D eigenvalue weighted by Crippen LogP contribution is 2.27. The molecule has 2 heteroatoms. The summed E-state index contributed by atoms with van der Waals surface area (Å²) in [4.78, 5) is 2.46. The van der Waals surface area contributed by atoms with Gasteiger partial charge >= 0.3 is 0 Å². The summed E-state index contributed by atoms with van der Waals surface area (Å²) in [5, 5.41) is 2.46. The zero-order chi connectivity index (χ0) is 13.1. The summed E-state index contributed by atoms with van der Waals surface area (Å²) in [6.07, 6.45) is 3.85. The topological polar surface area (TPSA) is 12.5 Å². The van der Waals surface area contributed by atoms with Crippen LogP contribution in [0.4, 0.5) is 0 Å². The van der Waals surface area contributed by atoms with Crippen molar-refractivity contribution in [2.75, 3.05) is 13.1 Å². The van der Waals surface area contributed by atoms with Crippen LogP contribution in [-0.4, -0.2) is 24.2 Å². The first-order valence-corrected chi connectivity index (χ1v) is 7.27. The van der Waals surface area contributed by atoms with E-state index in [9.17, 15) is 0 Å². The number of benzene rings is 2. The van der Waals surface area contributed by atoms with Gasteiger partial charge in [0.25, 0.3) is 0 Å². The smallest absolute Gasteiger partial charge is 0.152 e. The van der Waals surface area contributed by atoms with Crippen molar-refractivity contribution in [1.82, 2.24) is 4.90 Å². The molecule has 0 saturated carbocycles. The van der Waals surface area contributed by atoms with Crippen LogP contribution in [0, 0.1) is 0 Å². The van der Waals surface area contributed by atoms with Crippen LogP contribution in [0.5, 0.6) is 5.75 Å². The van der Waals surface area contributed by atoms with Crippen LogP contribution in [0.25, 0.3) is 10.8 Å². The standard InChI is InChI=1S/C17H21NO/c1-2-17(18-12-5-6-13-18)19-16-11-7-9-14-8-3-4-10-15(14)16/h3-4,7-11,17H,2,5-6,12-13H2,1H3. The molecule has 1 fully saturated rings. The molecule has 1 saturated heterocycles. The van der Waals surface area contributed by atoms with E-state index in [0.29, 0.717) is 0 Å². The molecule has 100 valence electrons. The molecular formula is C17H21NO. The Morgan fingerprint density at radius 2 is 1.79 bits per heavy atom. The molecule has 1 atom stereocenters. The SMILES string of the molecule is CCC(Oc1cccc2ccccc12)N1CCCC1. The van der Waals surface area contributed by atoms with E-state index in [0.717, 1.165) is 12.2 Å². The molecular weight excluding hydrogens is 234 g/mol. The molecule has 2 aromatic carbocycles. The maximum absolute atomic E-state index is 6.29. The molecule has 3 rings (SSSR count). The predicted octanol–water partition coefficient (Wildman–Crippen LogP) is 4.05. The molecule has 19 heavy (non-hydrogen) atoms. The van der Waals surface area contributed by atoms with E-state index < -0.39 is 0 Å². The number of hydrogen-bond acceptors (Lipinski definition) is 2. The fraction of sp³-hybridized carbons (Fsp3) is 0.412. The molecule has 0 aromatic heterocycles. The highest BCUT2D eigenvalue weighted by Gasteiger charge is 2.22. The summed E-state index contributed by atoms with van der Waals surface area (Å²) >= 11 is 0. The second-order valence-electron chi connectivity index (χ2n) is 5.20. The quantitative estimate of drug-likeness (QED) is 0.817. The van der Waals surface area contributed by atoms with Crippen molar-refractivity contribution in [3.8, 4) is 5.75 Å². The average Bonchev–Trinajstić information content (AvgIpc) is 2.99. The summed E-state index contributed by atoms with van der Waals surface area (Å²) in [6.45, 7) is 4.54. The zero-order valence-corrected chi connectivity index (χ0v) is 11.5. The van der Waals surface area contributed by atoms with Crippen LogP contribution in [0.2, 0.25) is 0 Å². The Labute approximate surface area is 115 Å². The van der Waals surface area contributed by atoms with Crippen molar-refractivity contribution in [2.24, 2.45) is 0 Å². The van der Waals surface area contributed by atoms with Crippen LogP contribution in [-0.2, 0) is 0 Å². The first-order chi connectivity index (χ1) is 9.38. The summed E-state index contributed by atoms with van der Waals surface area (Å²) in [6, 6.07) is 14.7. The summed E-state index contributed by atoms with van der Waals surface area (Å²) in [7, 11) is 0. The fourth-order valence-electron chi connectivity index (χ4n) is 2.89. The average molecular weight is 255 g/mol. The number of rotatable bonds is 4. The fourth-order valence-corrected chi connectivity index (χ4v) is 2.89. The van der Waals surface area contributed by atoms with E-state index in [1.54, 1.807) is 0 Å². The first kappa shape index (κ1) is 12.5. The van der Waals surface area contributed by atoms with Crippen molar-refractivity contribution in [2.45, 2.75) is 32.4 Å². The molecule has 0 radical (unpaired) electrons. The molecule has 2 aromatic rings. The van der Waals surface area contributed by atoms with Crippen LogP contribution >= 0.6 is 0 Å². The second-order valence-corrected chi connectivity index (χ2v) is 5.20. The third kappa shape index (κ3) is 2.59. The monoisotopic (exact) mass is 255 g/mol. The number of ether oxygens (including phenoxy) is 1. The van der Waals surface area contributed by atoms with Gasteiger partial charge in [-0.2, -0.15) is 0 Å². The van der Waals surface area contributed by atoms with E-state index in [1.807, 2.05) is 0 Å². The van der Waals surface area contributed by atoms with Gasteiger partial charge in [0.2, 0.25) is 0 Å². The van der Waals surface area contributed by atoms with Gasteiger partial charge in [0.05, 0.1) is 0 Å². The Hall–Kier alpha value is -1.54. The Morgan fingerprint density at radius 1 is 1.05 bits per heavy atom. The molecule has 1 aliphatic rings. The van der Waals surface area contributed by atoms with Gasteiger partial charge in [-0.15, -0.1) is 0 Å². The molecule has 0 spiro atoms. The van der Waals surface area contributed by atoms with Gasteiger partial charge in [-0.25, -0.2) is 0 Å². The molecule has 0 bridgehead atoms. The van der Waals surface area contributed by atoms with Crippen LogP contribution in [0.1, 0.15) is 26.2 Å². The van der Waals surface area contributed by atoms with Crippen LogP contribution < -0.4 is 4.74 Å². The lowest BCUT2D eigenvalue weighted by Gasteiger charge is -2.27. The van der Waals surface area contributed by atoms with Gasteiger partial charge in [0.1, 0.15) is 5.75 Å². The van der Waals surface area contributed by atoms with Crippen molar-refractivity contribution < 1.29 is 4.74 Å². The summed E-state index contributed by atoms with van der Waals surface area (Å²) in [5.41, 5.74) is 0. The Balaban J connectivity index is 1.87. The summed E-state index contributed by atoms with van der Waals surface area (Å²) < 4.78 is 6.29. The minimum Gasteiger partial charge on any atom is -0.474 e. The minimum atomic E-state index is 0.216. The first-order valence-electron chi connectivity index (χ1n) is 7.27. The Bertz CT molecular complexity index is 540. The number of fused-ring (bicyclic) bond motifs is 1. The minimum absolute atomic E-state index is 0.216. The van der Waals surface area contributed by atoms with E-state index in [2.05, 4.69) is 54.3 Å². The third-order valence-corrected chi connectivity index (χ3v) is 3.91.